The number of hydrogen-bond acceptors (Lipinski definition) is 3. The topological polar surface area (TPSA) is 38.5 Å². The second kappa shape index (κ2) is 5.82. The monoisotopic (exact) mass is 226 g/mol. The molecule has 0 radical (unpaired) electrons. The molecule has 0 fully saturated rings. The minimum absolute atomic E-state index is 0.157. The minimum atomic E-state index is -0.302. The first kappa shape index (κ1) is 12.9. The van der Waals surface area contributed by atoms with Crippen molar-refractivity contribution in [1.29, 1.82) is 0 Å². The van der Waals surface area contributed by atoms with E-state index in [0.29, 0.717) is 12.4 Å². The molecular formula is C12H19FN2O. The van der Waals surface area contributed by atoms with Gasteiger partial charge in [-0.05, 0) is 27.1 Å². The van der Waals surface area contributed by atoms with Crippen molar-refractivity contribution in [2.75, 3.05) is 27.2 Å². The lowest BCUT2D eigenvalue weighted by Gasteiger charge is -2.15. The molecule has 0 saturated heterocycles. The first-order valence-electron chi connectivity index (χ1n) is 5.33. The van der Waals surface area contributed by atoms with Crippen LogP contribution in [-0.2, 0) is 0 Å². The van der Waals surface area contributed by atoms with Crippen LogP contribution in [0.5, 0.6) is 5.75 Å². The van der Waals surface area contributed by atoms with Gasteiger partial charge < -0.3 is 15.4 Å². The molecule has 2 N–H and O–H groups in total. The van der Waals surface area contributed by atoms with Crippen molar-refractivity contribution in [3.05, 3.63) is 29.6 Å². The zero-order valence-electron chi connectivity index (χ0n) is 10.0. The Bertz CT molecular complexity index is 340. The van der Waals surface area contributed by atoms with Crippen LogP contribution in [-0.4, -0.2) is 32.1 Å². The maximum Gasteiger partial charge on any atom is 0.127 e. The third-order valence-electron chi connectivity index (χ3n) is 2.26. The van der Waals surface area contributed by atoms with Crippen molar-refractivity contribution >= 4 is 0 Å². The molecular weight excluding hydrogens is 207 g/mol. The zero-order chi connectivity index (χ0) is 12.1. The Kier molecular flexibility index (Phi) is 4.71. The molecule has 3 nitrogen and oxygen atoms in total. The fourth-order valence-electron chi connectivity index (χ4n) is 1.35. The van der Waals surface area contributed by atoms with Gasteiger partial charge in [0, 0.05) is 24.2 Å². The molecule has 0 aliphatic carbocycles. The molecule has 0 aromatic heterocycles. The largest absolute Gasteiger partial charge is 0.492 e. The lowest BCUT2D eigenvalue weighted by Crippen LogP contribution is -2.20. The number of halogens is 1. The van der Waals surface area contributed by atoms with Crippen LogP contribution in [0.3, 0.4) is 0 Å². The molecule has 0 saturated carbocycles. The molecule has 90 valence electrons. The van der Waals surface area contributed by atoms with E-state index in [1.54, 1.807) is 6.07 Å². The van der Waals surface area contributed by atoms with Gasteiger partial charge in [-0.3, -0.25) is 0 Å². The van der Waals surface area contributed by atoms with Gasteiger partial charge in [0.1, 0.15) is 18.2 Å². The highest BCUT2D eigenvalue weighted by atomic mass is 19.1. The third kappa shape index (κ3) is 3.79. The van der Waals surface area contributed by atoms with Crippen molar-refractivity contribution in [2.45, 2.75) is 13.0 Å². The van der Waals surface area contributed by atoms with E-state index >= 15 is 0 Å². The highest BCUT2D eigenvalue weighted by molar-refractivity contribution is 5.36. The van der Waals surface area contributed by atoms with E-state index < -0.39 is 0 Å². The number of ether oxygens (including phenoxy) is 1. The van der Waals surface area contributed by atoms with E-state index in [4.69, 9.17) is 10.5 Å². The SMILES string of the molecule is C[C@@H](N)c1ccc(F)cc1OCCN(C)C. The molecule has 1 atom stereocenters. The van der Waals surface area contributed by atoms with Crippen LogP contribution in [0.4, 0.5) is 4.39 Å². The molecule has 0 amide bonds. The lowest BCUT2D eigenvalue weighted by atomic mass is 10.1. The Morgan fingerprint density at radius 1 is 1.44 bits per heavy atom. The maximum absolute atomic E-state index is 13.1. The molecule has 0 bridgehead atoms. The Morgan fingerprint density at radius 3 is 2.69 bits per heavy atom. The second-order valence-electron chi connectivity index (χ2n) is 4.12. The van der Waals surface area contributed by atoms with Crippen LogP contribution in [0.15, 0.2) is 18.2 Å². The highest BCUT2D eigenvalue weighted by Gasteiger charge is 2.09. The number of nitrogens with two attached hydrogens (primary N) is 1. The average molecular weight is 226 g/mol. The van der Waals surface area contributed by atoms with E-state index in [0.717, 1.165) is 12.1 Å². The number of rotatable bonds is 5. The van der Waals surface area contributed by atoms with Crippen LogP contribution < -0.4 is 10.5 Å². The van der Waals surface area contributed by atoms with Gasteiger partial charge in [0.15, 0.2) is 0 Å². The molecule has 1 rings (SSSR count). The Labute approximate surface area is 96.0 Å². The average Bonchev–Trinajstić information content (AvgIpc) is 2.16. The second-order valence-corrected chi connectivity index (χ2v) is 4.12. The van der Waals surface area contributed by atoms with Crippen molar-refractivity contribution in [3.63, 3.8) is 0 Å². The van der Waals surface area contributed by atoms with Gasteiger partial charge in [-0.15, -0.1) is 0 Å². The fourth-order valence-corrected chi connectivity index (χ4v) is 1.35. The summed E-state index contributed by atoms with van der Waals surface area (Å²) in [6, 6.07) is 4.30. The Hall–Kier alpha value is -1.13. The molecule has 1 aromatic carbocycles. The molecule has 0 unspecified atom stereocenters. The summed E-state index contributed by atoms with van der Waals surface area (Å²) in [6.07, 6.45) is 0. The van der Waals surface area contributed by atoms with Crippen molar-refractivity contribution in [2.24, 2.45) is 5.73 Å². The fraction of sp³-hybridized carbons (Fsp3) is 0.500. The van der Waals surface area contributed by atoms with Gasteiger partial charge in [0.05, 0.1) is 0 Å². The van der Waals surface area contributed by atoms with Gasteiger partial charge in [-0.25, -0.2) is 4.39 Å². The molecule has 0 aliphatic rings. The molecule has 4 heteroatoms. The van der Waals surface area contributed by atoms with Crippen LogP contribution in [0, 0.1) is 5.82 Å². The first-order valence-corrected chi connectivity index (χ1v) is 5.33. The molecule has 0 aliphatic heterocycles. The predicted octanol–water partition coefficient (Wildman–Crippen LogP) is 1.79. The lowest BCUT2D eigenvalue weighted by molar-refractivity contribution is 0.258. The third-order valence-corrected chi connectivity index (χ3v) is 2.26. The van der Waals surface area contributed by atoms with Gasteiger partial charge >= 0.3 is 0 Å². The van der Waals surface area contributed by atoms with Gasteiger partial charge in [-0.1, -0.05) is 6.07 Å². The standard InChI is InChI=1S/C12H19FN2O/c1-9(14)11-5-4-10(13)8-12(11)16-7-6-15(2)3/h4-5,8-9H,6-7,14H2,1-3H3/t9-/m1/s1. The maximum atomic E-state index is 13.1. The summed E-state index contributed by atoms with van der Waals surface area (Å²) in [6.45, 7) is 3.16. The summed E-state index contributed by atoms with van der Waals surface area (Å²) in [4.78, 5) is 2.00. The van der Waals surface area contributed by atoms with Gasteiger partial charge in [0.25, 0.3) is 0 Å². The number of likely N-dealkylation sites (N-methyl/N-ethyl adjacent to an activating group) is 1. The van der Waals surface area contributed by atoms with E-state index in [1.807, 2.05) is 25.9 Å². The summed E-state index contributed by atoms with van der Waals surface area (Å²) in [5, 5.41) is 0. The Balaban J connectivity index is 2.72. The van der Waals surface area contributed by atoms with Gasteiger partial charge in [0.2, 0.25) is 0 Å². The van der Waals surface area contributed by atoms with Crippen LogP contribution in [0.25, 0.3) is 0 Å². The van der Waals surface area contributed by atoms with E-state index in [1.165, 1.54) is 12.1 Å². The molecule has 1 aromatic rings. The quantitative estimate of drug-likeness (QED) is 0.831. The first-order chi connectivity index (χ1) is 7.50. The smallest absolute Gasteiger partial charge is 0.127 e. The van der Waals surface area contributed by atoms with E-state index in [2.05, 4.69) is 0 Å². The number of nitrogens with zero attached hydrogens (tertiary/aromatic N) is 1. The Morgan fingerprint density at radius 2 is 2.12 bits per heavy atom. The van der Waals surface area contributed by atoms with Gasteiger partial charge in [-0.2, -0.15) is 0 Å². The van der Waals surface area contributed by atoms with E-state index in [-0.39, 0.29) is 11.9 Å². The van der Waals surface area contributed by atoms with E-state index in [9.17, 15) is 4.39 Å². The highest BCUT2D eigenvalue weighted by Crippen LogP contribution is 2.24. The summed E-state index contributed by atoms with van der Waals surface area (Å²) < 4.78 is 18.6. The summed E-state index contributed by atoms with van der Waals surface area (Å²) in [5.74, 6) is 0.237. The predicted molar refractivity (Wildman–Crippen MR) is 63.1 cm³/mol. The molecule has 0 spiro atoms. The van der Waals surface area contributed by atoms with Crippen LogP contribution >= 0.6 is 0 Å². The number of benzene rings is 1. The van der Waals surface area contributed by atoms with Crippen LogP contribution in [0.1, 0.15) is 18.5 Å². The zero-order valence-corrected chi connectivity index (χ0v) is 10.0. The number of hydrogen-bond donors (Lipinski definition) is 1. The summed E-state index contributed by atoms with van der Waals surface area (Å²) >= 11 is 0. The summed E-state index contributed by atoms with van der Waals surface area (Å²) in [7, 11) is 3.92. The van der Waals surface area contributed by atoms with Crippen molar-refractivity contribution in [3.8, 4) is 5.75 Å². The van der Waals surface area contributed by atoms with Crippen LogP contribution in [0.2, 0.25) is 0 Å². The summed E-state index contributed by atoms with van der Waals surface area (Å²) in [5.41, 5.74) is 6.62. The van der Waals surface area contributed by atoms with Crippen molar-refractivity contribution < 1.29 is 9.13 Å². The normalized spacial score (nSPS) is 12.9. The minimum Gasteiger partial charge on any atom is -0.492 e. The molecule has 0 heterocycles. The molecule has 16 heavy (non-hydrogen) atoms. The van der Waals surface area contributed by atoms with Crippen molar-refractivity contribution in [1.82, 2.24) is 4.90 Å².